The van der Waals surface area contributed by atoms with Crippen LogP contribution in [0.3, 0.4) is 0 Å². The highest BCUT2D eigenvalue weighted by molar-refractivity contribution is 6.02. The van der Waals surface area contributed by atoms with Crippen molar-refractivity contribution >= 4 is 21.9 Å². The lowest BCUT2D eigenvalue weighted by Crippen LogP contribution is -2.16. The molecule has 0 radical (unpaired) electrons. The molecular formula is C44H44. The first-order chi connectivity index (χ1) is 21.3. The van der Waals surface area contributed by atoms with Gasteiger partial charge in [-0.05, 0) is 82.5 Å². The van der Waals surface area contributed by atoms with Crippen LogP contribution in [0.5, 0.6) is 0 Å². The summed E-state index contributed by atoms with van der Waals surface area (Å²) in [6.07, 6.45) is 32.8. The van der Waals surface area contributed by atoms with E-state index in [9.17, 15) is 0 Å². The first-order valence-electron chi connectivity index (χ1n) is 15.3. The molecule has 2 unspecified atom stereocenters. The highest BCUT2D eigenvalue weighted by Gasteiger charge is 2.23. The molecule has 0 bridgehead atoms. The van der Waals surface area contributed by atoms with Crippen molar-refractivity contribution in [3.8, 4) is 0 Å². The molecule has 0 amide bonds. The molecule has 220 valence electrons. The van der Waals surface area contributed by atoms with E-state index in [0.717, 1.165) is 50.6 Å². The molecular weight excluding hydrogens is 528 g/mol. The van der Waals surface area contributed by atoms with Gasteiger partial charge in [-0.2, -0.15) is 0 Å². The maximum absolute atomic E-state index is 4.57. The van der Waals surface area contributed by atoms with Gasteiger partial charge < -0.3 is 0 Å². The summed E-state index contributed by atoms with van der Waals surface area (Å²) in [7, 11) is 0. The van der Waals surface area contributed by atoms with Crippen molar-refractivity contribution in [1.82, 2.24) is 0 Å². The molecule has 4 rings (SSSR count). The van der Waals surface area contributed by atoms with Crippen molar-refractivity contribution in [3.63, 3.8) is 0 Å². The van der Waals surface area contributed by atoms with Crippen molar-refractivity contribution in [2.45, 2.75) is 27.2 Å². The predicted molar refractivity (Wildman–Crippen MR) is 197 cm³/mol. The Hall–Kier alpha value is -4.94. The van der Waals surface area contributed by atoms with Gasteiger partial charge in [0.25, 0.3) is 0 Å². The molecule has 0 heterocycles. The Morgan fingerprint density at radius 1 is 0.750 bits per heavy atom. The van der Waals surface area contributed by atoms with Crippen LogP contribution in [0.1, 0.15) is 35.6 Å². The van der Waals surface area contributed by atoms with Crippen LogP contribution in [0.25, 0.3) is 21.9 Å². The van der Waals surface area contributed by atoms with Crippen molar-refractivity contribution in [3.05, 3.63) is 205 Å². The average Bonchev–Trinajstić information content (AvgIpc) is 3.04. The number of hydrogen-bond donors (Lipinski definition) is 0. The average molecular weight is 573 g/mol. The van der Waals surface area contributed by atoms with Crippen LogP contribution in [0.15, 0.2) is 183 Å². The molecule has 0 nitrogen and oxygen atoms in total. The standard InChI is InChI=1S/C44H44/c1-8-10-17-38(30-25-32(3)16-9-2)44-36(7)27-24-33(4)26-31-40(42-21-13-14-22-43(42)44)35(6)29-28-34(5)39-23-15-19-37-18-11-12-20-41(37)39/h8-9,11-31,37,41H,1,3,5-6,10H2,2,4,7H3/b16-9-,27-24?,29-28-,30-25-,31-26?,33-24?,33-26?,36-27?,38-17+,40-31?,42-40?,44-36?,44-43?. The molecule has 0 aliphatic heterocycles. The molecule has 0 saturated carbocycles. The zero-order valence-corrected chi connectivity index (χ0v) is 26.5. The molecule has 2 aromatic rings. The quantitative estimate of drug-likeness (QED) is 0.196. The lowest BCUT2D eigenvalue weighted by Gasteiger charge is -2.27. The molecule has 0 saturated heterocycles. The van der Waals surface area contributed by atoms with Gasteiger partial charge in [0, 0.05) is 11.8 Å². The van der Waals surface area contributed by atoms with Crippen LogP contribution in [0.4, 0.5) is 0 Å². The minimum absolute atomic E-state index is 0.315. The molecule has 2 aliphatic rings. The van der Waals surface area contributed by atoms with Gasteiger partial charge in [-0.25, -0.2) is 0 Å². The molecule has 44 heavy (non-hydrogen) atoms. The van der Waals surface area contributed by atoms with Crippen molar-refractivity contribution in [2.75, 3.05) is 0 Å². The van der Waals surface area contributed by atoms with E-state index < -0.39 is 0 Å². The van der Waals surface area contributed by atoms with Crippen molar-refractivity contribution in [2.24, 2.45) is 11.8 Å². The van der Waals surface area contributed by atoms with Gasteiger partial charge >= 0.3 is 0 Å². The zero-order valence-electron chi connectivity index (χ0n) is 26.5. The highest BCUT2D eigenvalue weighted by Crippen LogP contribution is 2.36. The lowest BCUT2D eigenvalue weighted by molar-refractivity contribution is 0.632. The van der Waals surface area contributed by atoms with Gasteiger partial charge in [-0.15, -0.1) is 6.58 Å². The summed E-state index contributed by atoms with van der Waals surface area (Å²) in [5.41, 5.74) is 9.85. The minimum atomic E-state index is 0.315. The van der Waals surface area contributed by atoms with E-state index >= 15 is 0 Å². The summed E-state index contributed by atoms with van der Waals surface area (Å²) in [4.78, 5) is 0. The summed E-state index contributed by atoms with van der Waals surface area (Å²) in [6, 6.07) is 17.4. The third-order valence-electron chi connectivity index (χ3n) is 7.99. The van der Waals surface area contributed by atoms with Gasteiger partial charge in [0.1, 0.15) is 0 Å². The van der Waals surface area contributed by atoms with E-state index in [0.29, 0.717) is 11.8 Å². The molecule has 0 fully saturated rings. The number of hydrogen-bond acceptors (Lipinski definition) is 0. The summed E-state index contributed by atoms with van der Waals surface area (Å²) in [6.45, 7) is 23.5. The van der Waals surface area contributed by atoms with Crippen LogP contribution in [0, 0.1) is 25.7 Å². The van der Waals surface area contributed by atoms with E-state index in [-0.39, 0.29) is 0 Å². The topological polar surface area (TPSA) is 0 Å². The van der Waals surface area contributed by atoms with E-state index in [1.165, 1.54) is 16.7 Å². The highest BCUT2D eigenvalue weighted by atomic mass is 14.3. The minimum Gasteiger partial charge on any atom is -0.103 e. The number of allylic oxidation sites excluding steroid dienone is 20. The fraction of sp³-hybridized carbons (Fsp3) is 0.136. The van der Waals surface area contributed by atoms with Crippen LogP contribution < -0.4 is 0 Å². The second-order valence-corrected chi connectivity index (χ2v) is 11.3. The van der Waals surface area contributed by atoms with Crippen LogP contribution in [0.2, 0.25) is 0 Å². The van der Waals surface area contributed by atoms with Crippen molar-refractivity contribution < 1.29 is 0 Å². The monoisotopic (exact) mass is 572 g/mol. The predicted octanol–water partition coefficient (Wildman–Crippen LogP) is 12.2. The van der Waals surface area contributed by atoms with Gasteiger partial charge in [-0.3, -0.25) is 0 Å². The third-order valence-corrected chi connectivity index (χ3v) is 7.99. The summed E-state index contributed by atoms with van der Waals surface area (Å²) < 4.78 is 0. The van der Waals surface area contributed by atoms with E-state index in [2.05, 4.69) is 162 Å². The Kier molecular flexibility index (Phi) is 11.3. The number of rotatable bonds is 10. The third kappa shape index (κ3) is 7.91. The molecule has 2 aromatic carbocycles. The fourth-order valence-electron chi connectivity index (χ4n) is 5.67. The Bertz CT molecular complexity index is 1770. The lowest BCUT2D eigenvalue weighted by atomic mass is 9.77. The van der Waals surface area contributed by atoms with E-state index in [1.54, 1.807) is 0 Å². The Morgan fingerprint density at radius 2 is 1.45 bits per heavy atom. The van der Waals surface area contributed by atoms with Gasteiger partial charge in [0.2, 0.25) is 0 Å². The molecule has 0 aromatic heterocycles. The first-order valence-corrected chi connectivity index (χ1v) is 15.3. The largest absolute Gasteiger partial charge is 0.103 e. The second-order valence-electron chi connectivity index (χ2n) is 11.3. The van der Waals surface area contributed by atoms with Crippen molar-refractivity contribution in [1.29, 1.82) is 0 Å². The normalized spacial score (nSPS) is 17.6. The number of benzene rings is 1. The first kappa shape index (κ1) is 32.0. The smallest absolute Gasteiger partial charge is 0.0125 e. The maximum Gasteiger partial charge on any atom is 0.0125 e. The van der Waals surface area contributed by atoms with Crippen LogP contribution in [-0.4, -0.2) is 0 Å². The Labute approximate surface area is 265 Å². The second kappa shape index (κ2) is 15.5. The molecule has 0 spiro atoms. The van der Waals surface area contributed by atoms with Crippen LogP contribution in [-0.2, 0) is 0 Å². The summed E-state index contributed by atoms with van der Waals surface area (Å²) in [5.74, 6) is 0.693. The molecule has 2 atom stereocenters. The van der Waals surface area contributed by atoms with Gasteiger partial charge in [0.05, 0.1) is 0 Å². The molecule has 0 heteroatoms. The van der Waals surface area contributed by atoms with Gasteiger partial charge in [-0.1, -0.05) is 165 Å². The molecule has 2 aliphatic carbocycles. The number of fused-ring (bicyclic) bond motifs is 2. The SMILES string of the molecule is C=CC/C=C(\C=C/C(=C)/C=C\C)c1c(C)ccc(C)ccc(C(=C)/C=C\C(=C)C2=CC=CC3C=CC=CC23)c2ccccc12. The van der Waals surface area contributed by atoms with E-state index in [4.69, 9.17) is 0 Å². The molecule has 0 N–H and O–H groups in total. The summed E-state index contributed by atoms with van der Waals surface area (Å²) >= 11 is 0. The van der Waals surface area contributed by atoms with E-state index in [1.807, 2.05) is 25.2 Å². The summed E-state index contributed by atoms with van der Waals surface area (Å²) in [5, 5.41) is 2.29. The van der Waals surface area contributed by atoms with Gasteiger partial charge in [0.15, 0.2) is 0 Å². The zero-order chi connectivity index (χ0) is 31.5. The van der Waals surface area contributed by atoms with Crippen LogP contribution >= 0.6 is 0 Å². The Balaban J connectivity index is 1.88. The Morgan fingerprint density at radius 3 is 2.23 bits per heavy atom. The fourth-order valence-corrected chi connectivity index (χ4v) is 5.67. The number of aryl methyl sites for hydroxylation is 2. The maximum atomic E-state index is 4.57.